The maximum Gasteiger partial charge on any atom is 0.231 e. The van der Waals surface area contributed by atoms with Crippen molar-refractivity contribution in [1.29, 1.82) is 0 Å². The molecule has 3 aromatic rings. The predicted molar refractivity (Wildman–Crippen MR) is 115 cm³/mol. The zero-order chi connectivity index (χ0) is 19.1. The highest BCUT2D eigenvalue weighted by atomic mass is 32.1. The second-order valence-corrected chi connectivity index (χ2v) is 7.36. The Bertz CT molecular complexity index is 894. The van der Waals surface area contributed by atoms with Crippen LogP contribution in [0.3, 0.4) is 0 Å². The zero-order valence-corrected chi connectivity index (χ0v) is 16.7. The summed E-state index contributed by atoms with van der Waals surface area (Å²) in [4.78, 5) is 6.55. The Labute approximate surface area is 163 Å². The molecule has 1 aromatic heterocycles. The monoisotopic (exact) mass is 380 g/mol. The van der Waals surface area contributed by atoms with Crippen LogP contribution in [0.5, 0.6) is 0 Å². The first-order chi connectivity index (χ1) is 13.2. The molecule has 0 spiro atoms. The number of anilines is 2. The molecule has 140 valence electrons. The molecule has 0 fully saturated rings. The molecule has 0 saturated heterocycles. The van der Waals surface area contributed by atoms with E-state index in [9.17, 15) is 0 Å². The number of hydrogen-bond donors (Lipinski definition) is 1. The van der Waals surface area contributed by atoms with E-state index < -0.39 is 0 Å². The number of rotatable bonds is 7. The fraction of sp³-hybridized carbons (Fsp3) is 0.300. The molecule has 0 aliphatic rings. The lowest BCUT2D eigenvalue weighted by Crippen LogP contribution is -2.08. The van der Waals surface area contributed by atoms with Gasteiger partial charge in [0.05, 0.1) is 15.9 Å². The predicted octanol–water partition coefficient (Wildman–Crippen LogP) is 6.06. The number of nitrogens with one attached hydrogen (secondary N) is 1. The summed E-state index contributed by atoms with van der Waals surface area (Å²) in [5.41, 5.74) is 6.09. The standard InChI is InChI=1S/C20H24N6S/c1-4-5-10-19(23-22-15-11-13-16(14-12-15)26(2)3)24-25-20-21-17-8-6-7-9-18(17)27-20/h6-9,11-14,22H,4-5,10H2,1-3H3. The first-order valence-corrected chi connectivity index (χ1v) is 9.84. The fourth-order valence-electron chi connectivity index (χ4n) is 2.43. The summed E-state index contributed by atoms with van der Waals surface area (Å²) in [6.45, 7) is 2.15. The number of nitrogens with zero attached hydrogens (tertiary/aromatic N) is 5. The molecule has 0 radical (unpaired) electrons. The molecule has 0 amide bonds. The third kappa shape index (κ3) is 5.34. The maximum atomic E-state index is 4.49. The molecule has 0 atom stereocenters. The average Bonchev–Trinajstić information content (AvgIpc) is 3.10. The van der Waals surface area contributed by atoms with Crippen molar-refractivity contribution in [3.05, 3.63) is 48.5 Å². The largest absolute Gasteiger partial charge is 0.378 e. The molecule has 6 nitrogen and oxygen atoms in total. The number of hydrazone groups is 1. The van der Waals surface area contributed by atoms with Gasteiger partial charge >= 0.3 is 0 Å². The van der Waals surface area contributed by atoms with Crippen LogP contribution in [0.15, 0.2) is 63.9 Å². The van der Waals surface area contributed by atoms with Gasteiger partial charge in [-0.25, -0.2) is 4.98 Å². The van der Waals surface area contributed by atoms with Crippen LogP contribution in [0.1, 0.15) is 26.2 Å². The molecule has 1 heterocycles. The van der Waals surface area contributed by atoms with E-state index in [1.165, 1.54) is 11.3 Å². The smallest absolute Gasteiger partial charge is 0.231 e. The number of amidine groups is 1. The van der Waals surface area contributed by atoms with Crippen LogP contribution in [-0.4, -0.2) is 24.9 Å². The second-order valence-electron chi connectivity index (χ2n) is 6.35. The number of fused-ring (bicyclic) bond motifs is 1. The van der Waals surface area contributed by atoms with Crippen LogP contribution in [0.2, 0.25) is 0 Å². The molecule has 0 unspecified atom stereocenters. The number of unbranched alkanes of at least 4 members (excludes halogenated alkanes) is 1. The molecular weight excluding hydrogens is 356 g/mol. The first-order valence-electron chi connectivity index (χ1n) is 9.03. The highest BCUT2D eigenvalue weighted by molar-refractivity contribution is 7.21. The lowest BCUT2D eigenvalue weighted by atomic mass is 10.2. The number of hydrogen-bond acceptors (Lipinski definition) is 6. The third-order valence-corrected chi connectivity index (χ3v) is 4.91. The van der Waals surface area contributed by atoms with Crippen molar-refractivity contribution in [3.63, 3.8) is 0 Å². The lowest BCUT2D eigenvalue weighted by Gasteiger charge is -2.12. The van der Waals surface area contributed by atoms with Crippen molar-refractivity contribution in [3.8, 4) is 0 Å². The van der Waals surface area contributed by atoms with Crippen molar-refractivity contribution in [2.75, 3.05) is 24.4 Å². The second kappa shape index (κ2) is 9.23. The topological polar surface area (TPSA) is 65.2 Å². The lowest BCUT2D eigenvalue weighted by molar-refractivity contribution is 0.826. The molecule has 27 heavy (non-hydrogen) atoms. The van der Waals surface area contributed by atoms with Gasteiger partial charge in [0.1, 0.15) is 0 Å². The molecular formula is C20H24N6S. The minimum atomic E-state index is 0.649. The van der Waals surface area contributed by atoms with Crippen molar-refractivity contribution < 1.29 is 0 Å². The van der Waals surface area contributed by atoms with Crippen molar-refractivity contribution in [2.45, 2.75) is 26.2 Å². The number of thiazole rings is 1. The number of azo groups is 1. The molecule has 7 heteroatoms. The van der Waals surface area contributed by atoms with Gasteiger partial charge < -0.3 is 4.90 Å². The Balaban J connectivity index is 1.72. The summed E-state index contributed by atoms with van der Waals surface area (Å²) < 4.78 is 1.11. The fourth-order valence-corrected chi connectivity index (χ4v) is 3.22. The van der Waals surface area contributed by atoms with Crippen molar-refractivity contribution >= 4 is 43.9 Å². The van der Waals surface area contributed by atoms with E-state index in [1.54, 1.807) is 0 Å². The summed E-state index contributed by atoms with van der Waals surface area (Å²) in [5, 5.41) is 13.7. The minimum Gasteiger partial charge on any atom is -0.378 e. The van der Waals surface area contributed by atoms with E-state index in [-0.39, 0.29) is 0 Å². The Morgan fingerprint density at radius 1 is 1.11 bits per heavy atom. The summed E-state index contributed by atoms with van der Waals surface area (Å²) in [6.07, 6.45) is 2.86. The van der Waals surface area contributed by atoms with Crippen LogP contribution in [-0.2, 0) is 0 Å². The third-order valence-electron chi connectivity index (χ3n) is 3.99. The van der Waals surface area contributed by atoms with Crippen LogP contribution < -0.4 is 10.3 Å². The van der Waals surface area contributed by atoms with Gasteiger partial charge in [-0.05, 0) is 42.8 Å². The van der Waals surface area contributed by atoms with E-state index in [2.05, 4.69) is 37.6 Å². The van der Waals surface area contributed by atoms with E-state index in [0.29, 0.717) is 11.0 Å². The van der Waals surface area contributed by atoms with E-state index >= 15 is 0 Å². The van der Waals surface area contributed by atoms with Crippen molar-refractivity contribution in [1.82, 2.24) is 4.98 Å². The Kier molecular flexibility index (Phi) is 6.49. The van der Waals surface area contributed by atoms with Crippen LogP contribution in [0.25, 0.3) is 10.2 Å². The van der Waals surface area contributed by atoms with E-state index in [4.69, 9.17) is 0 Å². The number of benzene rings is 2. The Morgan fingerprint density at radius 3 is 2.59 bits per heavy atom. The summed E-state index contributed by atoms with van der Waals surface area (Å²) in [5.74, 6) is 0.674. The van der Waals surface area contributed by atoms with Gasteiger partial charge in [0, 0.05) is 26.2 Å². The first kappa shape index (κ1) is 19.0. The zero-order valence-electron chi connectivity index (χ0n) is 15.9. The molecule has 0 aliphatic carbocycles. The molecule has 2 aromatic carbocycles. The summed E-state index contributed by atoms with van der Waals surface area (Å²) in [7, 11) is 4.04. The SMILES string of the molecule is CCCCC(N=Nc1nc2ccccc2s1)=NNc1ccc(N(C)C)cc1. The van der Waals surface area contributed by atoms with Gasteiger partial charge in [0.2, 0.25) is 5.13 Å². The van der Waals surface area contributed by atoms with E-state index in [0.717, 1.165) is 40.9 Å². The number of aromatic nitrogens is 1. The van der Waals surface area contributed by atoms with Crippen LogP contribution >= 0.6 is 11.3 Å². The van der Waals surface area contributed by atoms with Gasteiger partial charge in [0.25, 0.3) is 0 Å². The highest BCUT2D eigenvalue weighted by Gasteiger charge is 2.03. The average molecular weight is 381 g/mol. The highest BCUT2D eigenvalue weighted by Crippen LogP contribution is 2.28. The summed E-state index contributed by atoms with van der Waals surface area (Å²) >= 11 is 1.53. The normalized spacial score (nSPS) is 12.0. The number of para-hydroxylation sites is 1. The quantitative estimate of drug-likeness (QED) is 0.234. The van der Waals surface area contributed by atoms with Gasteiger partial charge in [-0.1, -0.05) is 36.8 Å². The van der Waals surface area contributed by atoms with Gasteiger partial charge in [-0.3, -0.25) is 5.43 Å². The van der Waals surface area contributed by atoms with Crippen molar-refractivity contribution in [2.24, 2.45) is 15.3 Å². The summed E-state index contributed by atoms with van der Waals surface area (Å²) in [6, 6.07) is 16.1. The molecule has 3 rings (SSSR count). The van der Waals surface area contributed by atoms with Crippen LogP contribution in [0.4, 0.5) is 16.5 Å². The van der Waals surface area contributed by atoms with Gasteiger partial charge in [-0.15, -0.1) is 10.2 Å². The maximum absolute atomic E-state index is 4.49. The molecule has 0 aliphatic heterocycles. The van der Waals surface area contributed by atoms with Gasteiger partial charge in [-0.2, -0.15) is 5.10 Å². The Morgan fingerprint density at radius 2 is 1.89 bits per heavy atom. The molecule has 1 N–H and O–H groups in total. The van der Waals surface area contributed by atoms with Crippen LogP contribution in [0, 0.1) is 0 Å². The minimum absolute atomic E-state index is 0.649. The Hall–Kier alpha value is -2.80. The molecule has 0 bridgehead atoms. The van der Waals surface area contributed by atoms with E-state index in [1.807, 2.05) is 62.6 Å². The molecule has 0 saturated carbocycles. The van der Waals surface area contributed by atoms with Gasteiger partial charge in [0.15, 0.2) is 5.84 Å².